The van der Waals surface area contributed by atoms with Crippen molar-refractivity contribution in [3.05, 3.63) is 22.8 Å². The van der Waals surface area contributed by atoms with Crippen molar-refractivity contribution in [1.29, 1.82) is 0 Å². The highest BCUT2D eigenvalue weighted by molar-refractivity contribution is 6.33. The zero-order valence-electron chi connectivity index (χ0n) is 9.35. The number of carboxylic acid groups (broad SMARTS) is 1. The first-order chi connectivity index (χ1) is 7.84. The summed E-state index contributed by atoms with van der Waals surface area (Å²) in [4.78, 5) is 27.0. The van der Waals surface area contributed by atoms with E-state index in [1.807, 2.05) is 0 Å². The minimum absolute atomic E-state index is 0.176. The first-order valence-corrected chi connectivity index (χ1v) is 5.13. The zero-order valence-corrected chi connectivity index (χ0v) is 10.1. The normalized spacial score (nSPS) is 11.9. The van der Waals surface area contributed by atoms with E-state index in [4.69, 9.17) is 22.4 Å². The third-order valence-electron chi connectivity index (χ3n) is 2.38. The summed E-state index contributed by atoms with van der Waals surface area (Å²) in [5.74, 6) is -1.35. The number of rotatable bonds is 4. The van der Waals surface area contributed by atoms with Gasteiger partial charge in [-0.05, 0) is 13.0 Å². The third-order valence-corrected chi connectivity index (χ3v) is 2.66. The van der Waals surface area contributed by atoms with Crippen LogP contribution in [0, 0.1) is 0 Å². The number of aliphatic carboxylic acids is 1. The number of nitrogens with zero attached hydrogens (tertiary/aromatic N) is 2. The van der Waals surface area contributed by atoms with E-state index in [0.29, 0.717) is 0 Å². The number of nitrogens with two attached hydrogens (primary N) is 1. The smallest absolute Gasteiger partial charge is 0.326 e. The molecule has 0 spiro atoms. The molecule has 92 valence electrons. The van der Waals surface area contributed by atoms with Gasteiger partial charge in [-0.1, -0.05) is 11.6 Å². The first-order valence-electron chi connectivity index (χ1n) is 4.75. The molecule has 0 aliphatic heterocycles. The molecule has 0 aliphatic rings. The van der Waals surface area contributed by atoms with Crippen LogP contribution in [0.15, 0.2) is 12.3 Å². The predicted octanol–water partition coefficient (Wildman–Crippen LogP) is 0.743. The summed E-state index contributed by atoms with van der Waals surface area (Å²) in [7, 11) is 1.55. The molecule has 0 fully saturated rings. The van der Waals surface area contributed by atoms with Crippen LogP contribution in [0.25, 0.3) is 0 Å². The minimum Gasteiger partial charge on any atom is -0.480 e. The molecule has 0 radical (unpaired) electrons. The number of halogens is 1. The molecule has 0 aliphatic carbocycles. The number of anilines is 1. The largest absolute Gasteiger partial charge is 0.480 e. The van der Waals surface area contributed by atoms with E-state index < -0.39 is 17.9 Å². The number of carboxylic acids is 1. The minimum atomic E-state index is -0.996. The monoisotopic (exact) mass is 257 g/mol. The summed E-state index contributed by atoms with van der Waals surface area (Å²) in [6.45, 7) is 1.50. The summed E-state index contributed by atoms with van der Waals surface area (Å²) in [6.07, 6.45) is 1.26. The van der Waals surface area contributed by atoms with Crippen LogP contribution in [-0.2, 0) is 4.79 Å². The Bertz CT molecular complexity index is 464. The first kappa shape index (κ1) is 13.2. The Morgan fingerprint density at radius 1 is 1.59 bits per heavy atom. The Kier molecular flexibility index (Phi) is 3.90. The molecule has 1 atom stereocenters. The molecule has 3 N–H and O–H groups in total. The van der Waals surface area contributed by atoms with Crippen LogP contribution >= 0.6 is 11.6 Å². The summed E-state index contributed by atoms with van der Waals surface area (Å²) in [6, 6.07) is 0.580. The highest BCUT2D eigenvalue weighted by Gasteiger charge is 2.20. The number of carbonyl (C=O) groups is 2. The van der Waals surface area contributed by atoms with Gasteiger partial charge in [-0.2, -0.15) is 0 Å². The number of primary amides is 1. The maximum atomic E-state index is 10.9. The lowest BCUT2D eigenvalue weighted by molar-refractivity contribution is -0.138. The van der Waals surface area contributed by atoms with Gasteiger partial charge in [0.15, 0.2) is 0 Å². The molecule has 7 heteroatoms. The topological polar surface area (TPSA) is 96.5 Å². The Balaban J connectivity index is 3.08. The van der Waals surface area contributed by atoms with Gasteiger partial charge < -0.3 is 15.7 Å². The average molecular weight is 258 g/mol. The van der Waals surface area contributed by atoms with Gasteiger partial charge in [-0.25, -0.2) is 9.78 Å². The van der Waals surface area contributed by atoms with Crippen molar-refractivity contribution in [2.24, 2.45) is 5.73 Å². The van der Waals surface area contributed by atoms with Crippen LogP contribution in [0.1, 0.15) is 17.3 Å². The number of hydrogen-bond acceptors (Lipinski definition) is 4. The molecule has 1 aromatic rings. The predicted molar refractivity (Wildman–Crippen MR) is 63.3 cm³/mol. The van der Waals surface area contributed by atoms with E-state index in [1.54, 1.807) is 7.05 Å². The number of pyridine rings is 1. The number of hydrogen-bond donors (Lipinski definition) is 2. The molecule has 0 saturated carbocycles. The fourth-order valence-corrected chi connectivity index (χ4v) is 1.47. The maximum Gasteiger partial charge on any atom is 0.326 e. The van der Waals surface area contributed by atoms with Crippen molar-refractivity contribution in [2.45, 2.75) is 13.0 Å². The Morgan fingerprint density at radius 3 is 2.59 bits per heavy atom. The SMILES string of the molecule is CC(C(=O)O)N(C)c1ncc(C(N)=O)cc1Cl. The van der Waals surface area contributed by atoms with Crippen LogP contribution in [0.3, 0.4) is 0 Å². The van der Waals surface area contributed by atoms with Crippen LogP contribution in [0.5, 0.6) is 0 Å². The Hall–Kier alpha value is -1.82. The Morgan fingerprint density at radius 2 is 2.18 bits per heavy atom. The highest BCUT2D eigenvalue weighted by atomic mass is 35.5. The van der Waals surface area contributed by atoms with E-state index >= 15 is 0 Å². The molecular formula is C10H12ClN3O3. The summed E-state index contributed by atoms with van der Waals surface area (Å²) < 4.78 is 0. The van der Waals surface area contributed by atoms with E-state index in [-0.39, 0.29) is 16.4 Å². The highest BCUT2D eigenvalue weighted by Crippen LogP contribution is 2.24. The van der Waals surface area contributed by atoms with Crippen LogP contribution in [-0.4, -0.2) is 35.1 Å². The second-order valence-electron chi connectivity index (χ2n) is 3.52. The van der Waals surface area contributed by atoms with Gasteiger partial charge in [0.05, 0.1) is 10.6 Å². The second kappa shape index (κ2) is 5.01. The van der Waals surface area contributed by atoms with Gasteiger partial charge in [0, 0.05) is 13.2 Å². The van der Waals surface area contributed by atoms with Gasteiger partial charge in [0.2, 0.25) is 5.91 Å². The lowest BCUT2D eigenvalue weighted by Crippen LogP contribution is -2.36. The molecule has 0 aromatic carbocycles. The maximum absolute atomic E-state index is 10.9. The third kappa shape index (κ3) is 2.85. The molecule has 0 saturated heterocycles. The fraction of sp³-hybridized carbons (Fsp3) is 0.300. The lowest BCUT2D eigenvalue weighted by Gasteiger charge is -2.23. The second-order valence-corrected chi connectivity index (χ2v) is 3.93. The average Bonchev–Trinajstić information content (AvgIpc) is 2.26. The van der Waals surface area contributed by atoms with Crippen LogP contribution in [0.4, 0.5) is 5.82 Å². The molecule has 1 amide bonds. The van der Waals surface area contributed by atoms with Crippen molar-refractivity contribution in [1.82, 2.24) is 4.98 Å². The Labute approximate surface area is 103 Å². The zero-order chi connectivity index (χ0) is 13.2. The van der Waals surface area contributed by atoms with Crippen molar-refractivity contribution < 1.29 is 14.7 Å². The van der Waals surface area contributed by atoms with E-state index in [2.05, 4.69) is 4.98 Å². The molecule has 1 rings (SSSR count). The summed E-state index contributed by atoms with van der Waals surface area (Å²) in [5, 5.41) is 9.04. The van der Waals surface area contributed by atoms with Crippen molar-refractivity contribution >= 4 is 29.3 Å². The summed E-state index contributed by atoms with van der Waals surface area (Å²) in [5.41, 5.74) is 5.25. The van der Waals surface area contributed by atoms with Crippen LogP contribution in [0.2, 0.25) is 5.02 Å². The molecule has 1 heterocycles. The van der Waals surface area contributed by atoms with E-state index in [9.17, 15) is 9.59 Å². The molecule has 1 unspecified atom stereocenters. The van der Waals surface area contributed by atoms with Crippen molar-refractivity contribution in [2.75, 3.05) is 11.9 Å². The standard InChI is InChI=1S/C10H12ClN3O3/c1-5(10(16)17)14(2)9-7(11)3-6(4-13-9)8(12)15/h3-5H,1-2H3,(H2,12,15)(H,16,17). The number of likely N-dealkylation sites (N-methyl/N-ethyl adjacent to an activating group) is 1. The molecule has 1 aromatic heterocycles. The van der Waals surface area contributed by atoms with E-state index in [0.717, 1.165) is 0 Å². The fourth-order valence-electron chi connectivity index (χ4n) is 1.17. The van der Waals surface area contributed by atoms with Crippen LogP contribution < -0.4 is 10.6 Å². The lowest BCUT2D eigenvalue weighted by atomic mass is 10.2. The van der Waals surface area contributed by atoms with Gasteiger partial charge >= 0.3 is 5.97 Å². The molecule has 17 heavy (non-hydrogen) atoms. The number of carbonyl (C=O) groups excluding carboxylic acids is 1. The molecule has 0 bridgehead atoms. The van der Waals surface area contributed by atoms with Crippen molar-refractivity contribution in [3.63, 3.8) is 0 Å². The van der Waals surface area contributed by atoms with Gasteiger partial charge in [0.1, 0.15) is 11.9 Å². The van der Waals surface area contributed by atoms with Gasteiger partial charge in [-0.3, -0.25) is 4.79 Å². The summed E-state index contributed by atoms with van der Waals surface area (Å²) >= 11 is 5.91. The number of aromatic nitrogens is 1. The van der Waals surface area contributed by atoms with E-state index in [1.165, 1.54) is 24.1 Å². The van der Waals surface area contributed by atoms with Gasteiger partial charge in [0.25, 0.3) is 0 Å². The molecule has 6 nitrogen and oxygen atoms in total. The molecular weight excluding hydrogens is 246 g/mol. The van der Waals surface area contributed by atoms with Gasteiger partial charge in [-0.15, -0.1) is 0 Å². The quantitative estimate of drug-likeness (QED) is 0.829. The number of amides is 1. The van der Waals surface area contributed by atoms with Crippen molar-refractivity contribution in [3.8, 4) is 0 Å².